The number of hydrogen-bond acceptors (Lipinski definition) is 6. The van der Waals surface area contributed by atoms with Crippen molar-refractivity contribution in [2.75, 3.05) is 11.9 Å². The molecule has 0 radical (unpaired) electrons. The van der Waals surface area contributed by atoms with Gasteiger partial charge in [-0.1, -0.05) is 12.1 Å². The van der Waals surface area contributed by atoms with Crippen LogP contribution in [0, 0.1) is 15.9 Å². The zero-order chi connectivity index (χ0) is 20.7. The predicted molar refractivity (Wildman–Crippen MR) is 96.0 cm³/mol. The maximum absolute atomic E-state index is 12.8. The van der Waals surface area contributed by atoms with Gasteiger partial charge in [-0.3, -0.25) is 24.5 Å². The van der Waals surface area contributed by atoms with Gasteiger partial charge in [0, 0.05) is 11.6 Å². The second kappa shape index (κ2) is 9.21. The Bertz CT molecular complexity index is 900. The highest BCUT2D eigenvalue weighted by atomic mass is 19.1. The third-order valence-corrected chi connectivity index (χ3v) is 3.54. The van der Waals surface area contributed by atoms with Crippen LogP contribution >= 0.6 is 0 Å². The van der Waals surface area contributed by atoms with E-state index < -0.39 is 41.2 Å². The summed E-state index contributed by atoms with van der Waals surface area (Å²) in [7, 11) is 0. The number of nitro benzene ring substituents is 1. The third-order valence-electron chi connectivity index (χ3n) is 3.54. The lowest BCUT2D eigenvalue weighted by Crippen LogP contribution is -2.35. The lowest BCUT2D eigenvalue weighted by molar-refractivity contribution is -0.383. The number of carbonyl (C=O) groups excluding carboxylic acids is 3. The van der Waals surface area contributed by atoms with E-state index in [2.05, 4.69) is 10.6 Å². The van der Waals surface area contributed by atoms with Gasteiger partial charge in [-0.2, -0.15) is 0 Å². The van der Waals surface area contributed by atoms with E-state index in [0.717, 1.165) is 12.1 Å². The summed E-state index contributed by atoms with van der Waals surface area (Å²) in [6, 6.07) is 10.2. The quantitative estimate of drug-likeness (QED) is 0.424. The van der Waals surface area contributed by atoms with Crippen LogP contribution in [0.25, 0.3) is 0 Å². The van der Waals surface area contributed by atoms with E-state index >= 15 is 0 Å². The molecule has 0 heterocycles. The predicted octanol–water partition coefficient (Wildman–Crippen LogP) is 2.03. The van der Waals surface area contributed by atoms with Gasteiger partial charge in [0.25, 0.3) is 17.5 Å². The molecule has 0 unspecified atom stereocenters. The lowest BCUT2D eigenvalue weighted by atomic mass is 10.2. The Morgan fingerprint density at radius 3 is 2.43 bits per heavy atom. The van der Waals surface area contributed by atoms with Gasteiger partial charge in [0.05, 0.1) is 4.92 Å². The Kier molecular flexibility index (Phi) is 6.74. The molecule has 9 nitrogen and oxygen atoms in total. The van der Waals surface area contributed by atoms with Crippen LogP contribution in [0.3, 0.4) is 0 Å². The molecule has 0 spiro atoms. The third kappa shape index (κ3) is 5.59. The molecule has 2 N–H and O–H groups in total. The minimum absolute atomic E-state index is 0.0370. The fraction of sp³-hybridized carbons (Fsp3) is 0.167. The van der Waals surface area contributed by atoms with Crippen molar-refractivity contribution >= 4 is 29.2 Å². The summed E-state index contributed by atoms with van der Waals surface area (Å²) in [6.45, 7) is 0.767. The molecule has 0 saturated heterocycles. The summed E-state index contributed by atoms with van der Waals surface area (Å²) >= 11 is 0. The van der Waals surface area contributed by atoms with E-state index in [-0.39, 0.29) is 16.9 Å². The van der Waals surface area contributed by atoms with Crippen LogP contribution < -0.4 is 10.6 Å². The van der Waals surface area contributed by atoms with Gasteiger partial charge in [0.2, 0.25) is 0 Å². The summed E-state index contributed by atoms with van der Waals surface area (Å²) < 4.78 is 17.7. The highest BCUT2D eigenvalue weighted by molar-refractivity contribution is 5.98. The zero-order valence-corrected chi connectivity index (χ0v) is 14.7. The number of rotatable bonds is 7. The first-order valence-corrected chi connectivity index (χ1v) is 8.05. The van der Waals surface area contributed by atoms with E-state index in [0.29, 0.717) is 0 Å². The molecular formula is C18H16FN3O6. The van der Waals surface area contributed by atoms with Crippen LogP contribution in [0.1, 0.15) is 17.3 Å². The maximum atomic E-state index is 12.8. The van der Waals surface area contributed by atoms with Crippen LogP contribution in [-0.2, 0) is 14.3 Å². The minimum atomic E-state index is -1.25. The van der Waals surface area contributed by atoms with Crippen LogP contribution in [0.2, 0.25) is 0 Å². The number of amides is 2. The Morgan fingerprint density at radius 1 is 1.14 bits per heavy atom. The van der Waals surface area contributed by atoms with E-state index in [1.54, 1.807) is 0 Å². The number of ether oxygens (including phenoxy) is 1. The van der Waals surface area contributed by atoms with Crippen molar-refractivity contribution in [1.82, 2.24) is 5.32 Å². The van der Waals surface area contributed by atoms with Crippen molar-refractivity contribution in [3.63, 3.8) is 0 Å². The Hall–Kier alpha value is -3.82. The van der Waals surface area contributed by atoms with Gasteiger partial charge in [0.1, 0.15) is 18.0 Å². The van der Waals surface area contributed by atoms with Gasteiger partial charge in [0.15, 0.2) is 6.10 Å². The zero-order valence-electron chi connectivity index (χ0n) is 14.7. The molecule has 0 fully saturated rings. The second-order valence-corrected chi connectivity index (χ2v) is 5.59. The average Bonchev–Trinajstić information content (AvgIpc) is 2.66. The number of hydrogen-bond donors (Lipinski definition) is 2. The Labute approximate surface area is 158 Å². The minimum Gasteiger partial charge on any atom is -0.451 e. The van der Waals surface area contributed by atoms with Crippen molar-refractivity contribution in [1.29, 1.82) is 0 Å². The molecule has 10 heteroatoms. The van der Waals surface area contributed by atoms with Gasteiger partial charge in [-0.25, -0.2) is 4.39 Å². The van der Waals surface area contributed by atoms with Crippen molar-refractivity contribution in [2.24, 2.45) is 0 Å². The standard InChI is InChI=1S/C18H16FN3O6/c1-11(17(24)21-14-4-2-3-5-15(14)22(26)27)28-16(23)10-20-18(25)12-6-8-13(19)9-7-12/h2-9,11H,10H2,1H3,(H,20,25)(H,21,24)/t11-/m1/s1. The van der Waals surface area contributed by atoms with Crippen LogP contribution in [-0.4, -0.2) is 35.4 Å². The highest BCUT2D eigenvalue weighted by Crippen LogP contribution is 2.23. The lowest BCUT2D eigenvalue weighted by Gasteiger charge is -2.14. The summed E-state index contributed by atoms with van der Waals surface area (Å²) in [6.07, 6.45) is -1.25. The van der Waals surface area contributed by atoms with E-state index in [4.69, 9.17) is 4.74 Å². The first-order chi connectivity index (χ1) is 13.3. The smallest absolute Gasteiger partial charge is 0.326 e. The molecule has 0 aliphatic carbocycles. The molecule has 0 aliphatic rings. The van der Waals surface area contributed by atoms with Crippen molar-refractivity contribution in [3.05, 3.63) is 70.0 Å². The molecule has 2 aromatic carbocycles. The van der Waals surface area contributed by atoms with E-state index in [1.165, 1.54) is 43.3 Å². The number of para-hydroxylation sites is 2. The summed E-state index contributed by atoms with van der Waals surface area (Å²) in [5, 5.41) is 15.5. The summed E-state index contributed by atoms with van der Waals surface area (Å²) in [4.78, 5) is 46.0. The molecule has 2 amide bonds. The van der Waals surface area contributed by atoms with Crippen LogP contribution in [0.15, 0.2) is 48.5 Å². The molecule has 28 heavy (non-hydrogen) atoms. The highest BCUT2D eigenvalue weighted by Gasteiger charge is 2.21. The monoisotopic (exact) mass is 389 g/mol. The van der Waals surface area contributed by atoms with Gasteiger partial charge in [-0.15, -0.1) is 0 Å². The first kappa shape index (κ1) is 20.5. The normalized spacial score (nSPS) is 11.2. The largest absolute Gasteiger partial charge is 0.451 e. The number of anilines is 1. The topological polar surface area (TPSA) is 128 Å². The molecule has 0 aromatic heterocycles. The maximum Gasteiger partial charge on any atom is 0.326 e. The molecule has 0 aliphatic heterocycles. The van der Waals surface area contributed by atoms with Crippen molar-refractivity contribution in [2.45, 2.75) is 13.0 Å². The molecule has 146 valence electrons. The number of halogens is 1. The number of nitro groups is 1. The fourth-order valence-corrected chi connectivity index (χ4v) is 2.12. The van der Waals surface area contributed by atoms with E-state index in [1.807, 2.05) is 0 Å². The number of benzene rings is 2. The van der Waals surface area contributed by atoms with Crippen molar-refractivity contribution in [3.8, 4) is 0 Å². The number of nitrogens with zero attached hydrogens (tertiary/aromatic N) is 1. The molecule has 0 saturated carbocycles. The summed E-state index contributed by atoms with van der Waals surface area (Å²) in [5.74, 6) is -2.78. The first-order valence-electron chi connectivity index (χ1n) is 8.05. The molecule has 0 bridgehead atoms. The van der Waals surface area contributed by atoms with Crippen LogP contribution in [0.5, 0.6) is 0 Å². The summed E-state index contributed by atoms with van der Waals surface area (Å²) in [5.41, 5.74) is -0.192. The molecule has 2 aromatic rings. The molecule has 1 atom stereocenters. The number of nitrogens with one attached hydrogen (secondary N) is 2. The Balaban J connectivity index is 1.86. The number of carbonyl (C=O) groups is 3. The fourth-order valence-electron chi connectivity index (χ4n) is 2.12. The average molecular weight is 389 g/mol. The van der Waals surface area contributed by atoms with Gasteiger partial charge < -0.3 is 15.4 Å². The van der Waals surface area contributed by atoms with E-state index in [9.17, 15) is 28.9 Å². The molecular weight excluding hydrogens is 373 g/mol. The SMILES string of the molecule is C[C@@H](OC(=O)CNC(=O)c1ccc(F)cc1)C(=O)Nc1ccccc1[N+](=O)[O-]. The Morgan fingerprint density at radius 2 is 1.79 bits per heavy atom. The molecule has 2 rings (SSSR count). The van der Waals surface area contributed by atoms with Gasteiger partial charge in [-0.05, 0) is 37.3 Å². The van der Waals surface area contributed by atoms with Gasteiger partial charge >= 0.3 is 5.97 Å². The number of esters is 1. The van der Waals surface area contributed by atoms with Crippen molar-refractivity contribution < 1.29 is 28.4 Å². The van der Waals surface area contributed by atoms with Crippen LogP contribution in [0.4, 0.5) is 15.8 Å². The second-order valence-electron chi connectivity index (χ2n) is 5.59.